The van der Waals surface area contributed by atoms with Crippen LogP contribution in [0.15, 0.2) is 9.95 Å². The van der Waals surface area contributed by atoms with Gasteiger partial charge in [-0.25, -0.2) is 4.98 Å². The summed E-state index contributed by atoms with van der Waals surface area (Å²) in [6.45, 7) is 4.80. The molecule has 0 aliphatic carbocycles. The summed E-state index contributed by atoms with van der Waals surface area (Å²) in [5, 5.41) is 9.64. The van der Waals surface area contributed by atoms with Crippen LogP contribution in [0.1, 0.15) is 37.4 Å². The third-order valence-electron chi connectivity index (χ3n) is 3.49. The summed E-state index contributed by atoms with van der Waals surface area (Å²) in [5.74, 6) is -0.0322. The summed E-state index contributed by atoms with van der Waals surface area (Å²) in [7, 11) is 0. The molecule has 0 aliphatic heterocycles. The van der Waals surface area contributed by atoms with Gasteiger partial charge in [-0.2, -0.15) is 0 Å². The maximum atomic E-state index is 12.2. The smallest absolute Gasteiger partial charge is 0.254 e. The number of aryl methyl sites for hydroxylation is 1. The van der Waals surface area contributed by atoms with E-state index in [1.165, 1.54) is 11.8 Å². The number of aromatic amines is 1. The van der Waals surface area contributed by atoms with Crippen molar-refractivity contribution in [3.8, 4) is 0 Å². The van der Waals surface area contributed by atoms with Gasteiger partial charge in [0.15, 0.2) is 5.16 Å². The molecule has 0 unspecified atom stereocenters. The van der Waals surface area contributed by atoms with Gasteiger partial charge in [0.1, 0.15) is 0 Å². The van der Waals surface area contributed by atoms with Crippen LogP contribution in [0.5, 0.6) is 0 Å². The normalized spacial score (nSPS) is 10.7. The predicted octanol–water partition coefficient (Wildman–Crippen LogP) is 1.35. The van der Waals surface area contributed by atoms with Crippen LogP contribution in [0.2, 0.25) is 0 Å². The van der Waals surface area contributed by atoms with E-state index < -0.39 is 0 Å². The van der Waals surface area contributed by atoms with E-state index in [0.29, 0.717) is 35.9 Å². The van der Waals surface area contributed by atoms with Crippen molar-refractivity contribution in [2.24, 2.45) is 0 Å². The number of nitrogens with zero attached hydrogens (tertiary/aromatic N) is 2. The summed E-state index contributed by atoms with van der Waals surface area (Å²) in [6.07, 6.45) is 4.38. The molecule has 1 rings (SSSR count). The molecule has 0 saturated heterocycles. The summed E-state index contributed by atoms with van der Waals surface area (Å²) in [4.78, 5) is 32.9. The second-order valence-corrected chi connectivity index (χ2v) is 5.89. The lowest BCUT2D eigenvalue weighted by molar-refractivity contribution is -0.131. The minimum atomic E-state index is -0.174. The number of aliphatic hydroxyl groups is 1. The van der Waals surface area contributed by atoms with E-state index in [2.05, 4.69) is 16.9 Å². The Balaban J connectivity index is 2.71. The van der Waals surface area contributed by atoms with E-state index in [0.717, 1.165) is 12.8 Å². The Hall–Kier alpha value is -1.34. The Labute approximate surface area is 135 Å². The van der Waals surface area contributed by atoms with E-state index in [-0.39, 0.29) is 24.5 Å². The SMILES string of the molecule is CCCCN(CCO)C(=O)CCc1c(C)nc(SC)[nH]c1=O. The van der Waals surface area contributed by atoms with Crippen molar-refractivity contribution in [3.05, 3.63) is 21.6 Å². The Morgan fingerprint density at radius 3 is 2.68 bits per heavy atom. The number of hydrogen-bond donors (Lipinski definition) is 2. The van der Waals surface area contributed by atoms with Crippen molar-refractivity contribution in [1.82, 2.24) is 14.9 Å². The number of thioether (sulfide) groups is 1. The highest BCUT2D eigenvalue weighted by Gasteiger charge is 2.15. The van der Waals surface area contributed by atoms with Gasteiger partial charge in [-0.1, -0.05) is 25.1 Å². The van der Waals surface area contributed by atoms with E-state index >= 15 is 0 Å². The Bertz CT molecular complexity index is 545. The molecule has 0 aliphatic rings. The maximum Gasteiger partial charge on any atom is 0.254 e. The van der Waals surface area contributed by atoms with Gasteiger partial charge in [-0.05, 0) is 26.0 Å². The van der Waals surface area contributed by atoms with Crippen LogP contribution in [-0.4, -0.2) is 51.8 Å². The number of hydrogen-bond acceptors (Lipinski definition) is 5. The molecule has 2 N–H and O–H groups in total. The summed E-state index contributed by atoms with van der Waals surface area (Å²) >= 11 is 1.38. The van der Waals surface area contributed by atoms with Crippen LogP contribution in [-0.2, 0) is 11.2 Å². The zero-order valence-corrected chi connectivity index (χ0v) is 14.3. The number of H-pyrrole nitrogens is 1. The molecule has 124 valence electrons. The summed E-state index contributed by atoms with van der Waals surface area (Å²) < 4.78 is 0. The molecule has 6 nitrogen and oxygen atoms in total. The van der Waals surface area contributed by atoms with Gasteiger partial charge < -0.3 is 15.0 Å². The first-order valence-electron chi connectivity index (χ1n) is 7.55. The number of carbonyl (C=O) groups is 1. The fraction of sp³-hybridized carbons (Fsp3) is 0.667. The molecule has 0 fully saturated rings. The van der Waals surface area contributed by atoms with Crippen LogP contribution in [0, 0.1) is 6.92 Å². The number of nitrogens with one attached hydrogen (secondary N) is 1. The number of amides is 1. The highest BCUT2D eigenvalue weighted by atomic mass is 32.2. The lowest BCUT2D eigenvalue weighted by atomic mass is 10.1. The Morgan fingerprint density at radius 2 is 2.14 bits per heavy atom. The van der Waals surface area contributed by atoms with Crippen LogP contribution >= 0.6 is 11.8 Å². The van der Waals surface area contributed by atoms with Crippen molar-refractivity contribution < 1.29 is 9.90 Å². The highest BCUT2D eigenvalue weighted by Crippen LogP contribution is 2.10. The molecule has 0 saturated carbocycles. The minimum Gasteiger partial charge on any atom is -0.395 e. The zero-order valence-electron chi connectivity index (χ0n) is 13.5. The molecule has 1 heterocycles. The zero-order chi connectivity index (χ0) is 16.5. The van der Waals surface area contributed by atoms with Crippen LogP contribution in [0.4, 0.5) is 0 Å². The molecule has 0 spiro atoms. The second-order valence-electron chi connectivity index (χ2n) is 5.10. The van der Waals surface area contributed by atoms with Crippen molar-refractivity contribution in [3.63, 3.8) is 0 Å². The number of rotatable bonds is 9. The van der Waals surface area contributed by atoms with Gasteiger partial charge in [0.05, 0.1) is 6.61 Å². The van der Waals surface area contributed by atoms with Gasteiger partial charge >= 0.3 is 0 Å². The molecule has 22 heavy (non-hydrogen) atoms. The lowest BCUT2D eigenvalue weighted by Gasteiger charge is -2.21. The van der Waals surface area contributed by atoms with Gasteiger partial charge in [0.2, 0.25) is 5.91 Å². The van der Waals surface area contributed by atoms with Gasteiger partial charge in [-0.3, -0.25) is 9.59 Å². The average molecular weight is 327 g/mol. The third-order valence-corrected chi connectivity index (χ3v) is 4.07. The Morgan fingerprint density at radius 1 is 1.41 bits per heavy atom. The Kier molecular flexibility index (Phi) is 8.19. The predicted molar refractivity (Wildman–Crippen MR) is 88.3 cm³/mol. The molecule has 0 radical (unpaired) electrons. The third kappa shape index (κ3) is 5.46. The van der Waals surface area contributed by atoms with E-state index in [4.69, 9.17) is 5.11 Å². The van der Waals surface area contributed by atoms with Crippen molar-refractivity contribution in [1.29, 1.82) is 0 Å². The fourth-order valence-electron chi connectivity index (χ4n) is 2.20. The van der Waals surface area contributed by atoms with E-state index in [9.17, 15) is 9.59 Å². The van der Waals surface area contributed by atoms with Crippen LogP contribution in [0.3, 0.4) is 0 Å². The van der Waals surface area contributed by atoms with Crippen molar-refractivity contribution in [2.45, 2.75) is 44.7 Å². The average Bonchev–Trinajstić information content (AvgIpc) is 2.50. The molecular formula is C15H25N3O3S. The quantitative estimate of drug-likeness (QED) is 0.528. The first-order valence-corrected chi connectivity index (χ1v) is 8.78. The standard InChI is InChI=1S/C15H25N3O3S/c1-4-5-8-18(9-10-19)13(20)7-6-12-11(2)16-15(22-3)17-14(12)21/h19H,4-10H2,1-3H3,(H,16,17,21). The first-order chi connectivity index (χ1) is 10.5. The second kappa shape index (κ2) is 9.63. The highest BCUT2D eigenvalue weighted by molar-refractivity contribution is 7.98. The molecule has 1 amide bonds. The fourth-order valence-corrected chi connectivity index (χ4v) is 2.62. The van der Waals surface area contributed by atoms with E-state index in [1.807, 2.05) is 6.26 Å². The largest absolute Gasteiger partial charge is 0.395 e. The first kappa shape index (κ1) is 18.7. The van der Waals surface area contributed by atoms with Gasteiger partial charge in [0.25, 0.3) is 5.56 Å². The molecule has 1 aromatic heterocycles. The molecular weight excluding hydrogens is 302 g/mol. The van der Waals surface area contributed by atoms with Crippen LogP contribution < -0.4 is 5.56 Å². The lowest BCUT2D eigenvalue weighted by Crippen LogP contribution is -2.35. The van der Waals surface area contributed by atoms with E-state index in [1.54, 1.807) is 11.8 Å². The number of aromatic nitrogens is 2. The van der Waals surface area contributed by atoms with Crippen molar-refractivity contribution in [2.75, 3.05) is 26.0 Å². The number of aliphatic hydroxyl groups excluding tert-OH is 1. The molecule has 1 aromatic rings. The molecule has 0 bridgehead atoms. The number of carbonyl (C=O) groups excluding carboxylic acids is 1. The molecule has 7 heteroatoms. The molecule has 0 atom stereocenters. The monoisotopic (exact) mass is 327 g/mol. The van der Waals surface area contributed by atoms with Gasteiger partial charge in [-0.15, -0.1) is 0 Å². The molecule has 0 aromatic carbocycles. The minimum absolute atomic E-state index is 0.0322. The van der Waals surface area contributed by atoms with Crippen molar-refractivity contribution >= 4 is 17.7 Å². The maximum absolute atomic E-state index is 12.2. The topological polar surface area (TPSA) is 86.3 Å². The van der Waals surface area contributed by atoms with Gasteiger partial charge in [0, 0.05) is 30.8 Å². The summed E-state index contributed by atoms with van der Waals surface area (Å²) in [6, 6.07) is 0. The number of unbranched alkanes of at least 4 members (excludes halogenated alkanes) is 1. The summed E-state index contributed by atoms with van der Waals surface area (Å²) in [5.41, 5.74) is 1.06. The van der Waals surface area contributed by atoms with Crippen LogP contribution in [0.25, 0.3) is 0 Å².